The molecular formula is C60H42N2Si. The zero-order valence-electron chi connectivity index (χ0n) is 34.6. The molecule has 10 aromatic carbocycles. The Labute approximate surface area is 368 Å². The molecule has 0 spiro atoms. The molecule has 2 aromatic heterocycles. The molecule has 0 fully saturated rings. The predicted octanol–water partition coefficient (Wildman–Crippen LogP) is 12.6. The second-order valence-electron chi connectivity index (χ2n) is 16.4. The van der Waals surface area contributed by atoms with Crippen molar-refractivity contribution in [1.82, 2.24) is 9.13 Å². The van der Waals surface area contributed by atoms with Gasteiger partial charge in [0.15, 0.2) is 8.07 Å². The quantitative estimate of drug-likeness (QED) is 0.107. The minimum atomic E-state index is -2.96. The number of nitrogens with zero attached hydrogens (tertiary/aromatic N) is 2. The van der Waals surface area contributed by atoms with Gasteiger partial charge in [0.05, 0.1) is 22.1 Å². The highest BCUT2D eigenvalue weighted by Gasteiger charge is 2.43. The molecule has 0 atom stereocenters. The zero-order chi connectivity index (χ0) is 41.7. The summed E-state index contributed by atoms with van der Waals surface area (Å²) in [7, 11) is -2.96. The highest BCUT2D eigenvalue weighted by atomic mass is 28.3. The minimum absolute atomic E-state index is 1.14. The Morgan fingerprint density at radius 1 is 0.270 bits per heavy atom. The Balaban J connectivity index is 1.23. The van der Waals surface area contributed by atoms with Crippen molar-refractivity contribution >= 4 is 72.4 Å². The third kappa shape index (κ3) is 5.85. The van der Waals surface area contributed by atoms with Gasteiger partial charge in [-0.15, -0.1) is 0 Å². The van der Waals surface area contributed by atoms with Gasteiger partial charge < -0.3 is 9.13 Å². The molecule has 0 saturated heterocycles. The maximum atomic E-state index is 2.59. The lowest BCUT2D eigenvalue weighted by Crippen LogP contribution is -2.75. The molecule has 0 aliphatic heterocycles. The monoisotopic (exact) mass is 818 g/mol. The summed E-state index contributed by atoms with van der Waals surface area (Å²) in [5.74, 6) is 0. The summed E-state index contributed by atoms with van der Waals surface area (Å²) in [5, 5.41) is 10.4. The van der Waals surface area contributed by atoms with E-state index in [2.05, 4.69) is 264 Å². The maximum Gasteiger partial charge on any atom is 0.181 e. The predicted molar refractivity (Wildman–Crippen MR) is 270 cm³/mol. The van der Waals surface area contributed by atoms with E-state index in [1.54, 1.807) is 0 Å². The lowest BCUT2D eigenvalue weighted by Gasteiger charge is -2.35. The fraction of sp³-hybridized carbons (Fsp3) is 0. The molecule has 12 rings (SSSR count). The first-order valence-corrected chi connectivity index (χ1v) is 23.8. The molecule has 2 nitrogen and oxygen atoms in total. The highest BCUT2D eigenvalue weighted by Crippen LogP contribution is 2.42. The van der Waals surface area contributed by atoms with Gasteiger partial charge in [-0.1, -0.05) is 218 Å². The minimum Gasteiger partial charge on any atom is -0.309 e. The fourth-order valence-corrected chi connectivity index (χ4v) is 15.4. The first-order valence-electron chi connectivity index (χ1n) is 21.8. The molecule has 0 saturated carbocycles. The van der Waals surface area contributed by atoms with Crippen LogP contribution in [0.5, 0.6) is 0 Å². The zero-order valence-corrected chi connectivity index (χ0v) is 35.6. The third-order valence-electron chi connectivity index (χ3n) is 13.0. The summed E-state index contributed by atoms with van der Waals surface area (Å²) in [4.78, 5) is 0. The van der Waals surface area contributed by atoms with Crippen molar-refractivity contribution in [3.63, 3.8) is 0 Å². The smallest absolute Gasteiger partial charge is 0.181 e. The molecule has 12 aromatic rings. The summed E-state index contributed by atoms with van der Waals surface area (Å²) in [6, 6.07) is 94.4. The van der Waals surface area contributed by atoms with Crippen LogP contribution in [0, 0.1) is 0 Å². The van der Waals surface area contributed by atoms with E-state index >= 15 is 0 Å². The van der Waals surface area contributed by atoms with Crippen molar-refractivity contribution < 1.29 is 0 Å². The van der Waals surface area contributed by atoms with E-state index in [4.69, 9.17) is 0 Å². The van der Waals surface area contributed by atoms with Gasteiger partial charge in [0.1, 0.15) is 0 Å². The number of rotatable bonds is 8. The van der Waals surface area contributed by atoms with Crippen LogP contribution in [-0.2, 0) is 0 Å². The molecule has 2 heterocycles. The van der Waals surface area contributed by atoms with Crippen LogP contribution < -0.4 is 20.7 Å². The van der Waals surface area contributed by atoms with E-state index in [9.17, 15) is 0 Å². The largest absolute Gasteiger partial charge is 0.309 e. The molecule has 0 unspecified atom stereocenters. The lowest BCUT2D eigenvalue weighted by molar-refractivity contribution is 1.17. The molecule has 0 N–H and O–H groups in total. The van der Waals surface area contributed by atoms with Crippen LogP contribution in [-0.4, -0.2) is 17.2 Å². The van der Waals surface area contributed by atoms with E-state index in [-0.39, 0.29) is 0 Å². The SMILES string of the molecule is c1ccc(-c2cccc(-n3c4ccccc4c4cc(-n5c6ccccc6c6cccc([Si](c7ccccc7)(c7ccccc7)c7ccccc7)c65)cc(-c5ccccc5)c43)c2)cc1. The van der Waals surface area contributed by atoms with Crippen LogP contribution in [0.3, 0.4) is 0 Å². The topological polar surface area (TPSA) is 9.86 Å². The van der Waals surface area contributed by atoms with Crippen LogP contribution in [0.25, 0.3) is 77.2 Å². The van der Waals surface area contributed by atoms with E-state index in [1.165, 1.54) is 86.6 Å². The number of hydrogen-bond acceptors (Lipinski definition) is 0. The standard InChI is InChI=1S/C60H42N2Si/c1-6-22-43(23-7-1)45-26-20-27-46(40-45)61-57-38-19-17-35-52(57)55-42-47(41-54(59(55)61)44-24-8-2-9-25-44)62-56-37-18-16-34-51(56)53-36-21-39-58(60(53)62)63(48-28-10-3-11-29-48,49-30-12-4-13-31-49)50-32-14-5-15-33-50/h1-42H. The molecule has 0 aliphatic carbocycles. The number of para-hydroxylation sites is 3. The summed E-state index contributed by atoms with van der Waals surface area (Å²) >= 11 is 0. The van der Waals surface area contributed by atoms with Gasteiger partial charge in [-0.2, -0.15) is 0 Å². The van der Waals surface area contributed by atoms with Crippen molar-refractivity contribution in [2.45, 2.75) is 0 Å². The molecule has 0 amide bonds. The van der Waals surface area contributed by atoms with Crippen LogP contribution in [0.4, 0.5) is 0 Å². The van der Waals surface area contributed by atoms with Crippen LogP contribution in [0.2, 0.25) is 0 Å². The van der Waals surface area contributed by atoms with Gasteiger partial charge >= 0.3 is 0 Å². The van der Waals surface area contributed by atoms with Crippen molar-refractivity contribution in [3.05, 3.63) is 255 Å². The summed E-state index contributed by atoms with van der Waals surface area (Å²) in [6.45, 7) is 0. The number of hydrogen-bond donors (Lipinski definition) is 0. The second kappa shape index (κ2) is 15.2. The van der Waals surface area contributed by atoms with Gasteiger partial charge in [-0.05, 0) is 73.8 Å². The molecule has 0 radical (unpaired) electrons. The fourth-order valence-electron chi connectivity index (χ4n) is 10.4. The van der Waals surface area contributed by atoms with Gasteiger partial charge in [-0.3, -0.25) is 0 Å². The van der Waals surface area contributed by atoms with Gasteiger partial charge in [0.2, 0.25) is 0 Å². The third-order valence-corrected chi connectivity index (χ3v) is 17.8. The van der Waals surface area contributed by atoms with Crippen molar-refractivity contribution in [1.29, 1.82) is 0 Å². The highest BCUT2D eigenvalue weighted by molar-refractivity contribution is 7.20. The average molecular weight is 819 g/mol. The van der Waals surface area contributed by atoms with Crippen molar-refractivity contribution in [2.24, 2.45) is 0 Å². The van der Waals surface area contributed by atoms with Crippen LogP contribution in [0.15, 0.2) is 255 Å². The lowest BCUT2D eigenvalue weighted by atomic mass is 10.0. The Morgan fingerprint density at radius 3 is 1.30 bits per heavy atom. The van der Waals surface area contributed by atoms with E-state index in [1.807, 2.05) is 0 Å². The molecule has 3 heteroatoms. The Bertz CT molecular complexity index is 3500. The number of fused-ring (bicyclic) bond motifs is 6. The van der Waals surface area contributed by atoms with E-state index < -0.39 is 8.07 Å². The summed E-state index contributed by atoms with van der Waals surface area (Å²) < 4.78 is 5.07. The molecule has 0 aliphatic rings. The second-order valence-corrected chi connectivity index (χ2v) is 20.2. The number of benzene rings is 10. The van der Waals surface area contributed by atoms with Crippen molar-refractivity contribution in [3.8, 4) is 33.6 Å². The van der Waals surface area contributed by atoms with Gasteiger partial charge in [-0.25, -0.2) is 0 Å². The molecular weight excluding hydrogens is 777 g/mol. The first-order chi connectivity index (χ1) is 31.3. The maximum absolute atomic E-state index is 2.96. The summed E-state index contributed by atoms with van der Waals surface area (Å²) in [5.41, 5.74) is 11.8. The Morgan fingerprint density at radius 2 is 0.714 bits per heavy atom. The Hall–Kier alpha value is -7.98. The van der Waals surface area contributed by atoms with E-state index in [0.29, 0.717) is 0 Å². The molecule has 63 heavy (non-hydrogen) atoms. The first kappa shape index (κ1) is 36.8. The Kier molecular flexibility index (Phi) is 8.87. The van der Waals surface area contributed by atoms with Crippen LogP contribution in [0.1, 0.15) is 0 Å². The van der Waals surface area contributed by atoms with Crippen molar-refractivity contribution in [2.75, 3.05) is 0 Å². The normalized spacial score (nSPS) is 11.8. The summed E-state index contributed by atoms with van der Waals surface area (Å²) in [6.07, 6.45) is 0. The number of aromatic nitrogens is 2. The van der Waals surface area contributed by atoms with E-state index in [0.717, 1.165) is 11.4 Å². The average Bonchev–Trinajstić information content (AvgIpc) is 3.89. The van der Waals surface area contributed by atoms with Crippen LogP contribution >= 0.6 is 0 Å². The van der Waals surface area contributed by atoms with Gasteiger partial charge in [0, 0.05) is 38.5 Å². The molecule has 0 bridgehead atoms. The van der Waals surface area contributed by atoms with Gasteiger partial charge in [0.25, 0.3) is 0 Å². The molecule has 296 valence electrons.